The Labute approximate surface area is 124 Å². The third kappa shape index (κ3) is 5.06. The Morgan fingerprint density at radius 3 is 2.90 bits per heavy atom. The molecule has 5 heteroatoms. The number of hydrogen-bond acceptors (Lipinski definition) is 4. The number of amides is 1. The molecular formula is C15H22N2O2S. The van der Waals surface area contributed by atoms with Crippen LogP contribution in [-0.2, 0) is 4.79 Å². The van der Waals surface area contributed by atoms with Crippen molar-refractivity contribution in [3.8, 4) is 5.75 Å². The highest BCUT2D eigenvalue weighted by Crippen LogP contribution is 2.21. The Morgan fingerprint density at radius 1 is 1.45 bits per heavy atom. The van der Waals surface area contributed by atoms with E-state index in [9.17, 15) is 4.79 Å². The number of carbonyl (C=O) groups is 1. The van der Waals surface area contributed by atoms with Crippen molar-refractivity contribution in [2.24, 2.45) is 0 Å². The largest absolute Gasteiger partial charge is 0.494 e. The van der Waals surface area contributed by atoms with E-state index in [0.29, 0.717) is 18.4 Å². The van der Waals surface area contributed by atoms with Crippen LogP contribution in [0.25, 0.3) is 0 Å². The summed E-state index contributed by atoms with van der Waals surface area (Å²) in [7, 11) is 0. The average molecular weight is 294 g/mol. The van der Waals surface area contributed by atoms with Crippen molar-refractivity contribution in [2.45, 2.75) is 30.7 Å². The number of benzene rings is 1. The van der Waals surface area contributed by atoms with Gasteiger partial charge in [-0.25, -0.2) is 0 Å². The molecule has 0 spiro atoms. The fourth-order valence-electron chi connectivity index (χ4n) is 2.17. The van der Waals surface area contributed by atoms with Crippen LogP contribution in [-0.4, -0.2) is 37.4 Å². The molecule has 0 aliphatic carbocycles. The van der Waals surface area contributed by atoms with Crippen molar-refractivity contribution in [2.75, 3.05) is 25.4 Å². The quantitative estimate of drug-likeness (QED) is 0.756. The molecule has 2 N–H and O–H groups in total. The van der Waals surface area contributed by atoms with Crippen LogP contribution in [0.15, 0.2) is 29.2 Å². The van der Waals surface area contributed by atoms with Gasteiger partial charge < -0.3 is 15.4 Å². The highest BCUT2D eigenvalue weighted by Gasteiger charge is 2.14. The van der Waals surface area contributed by atoms with E-state index in [1.54, 1.807) is 11.8 Å². The van der Waals surface area contributed by atoms with Gasteiger partial charge in [-0.3, -0.25) is 4.79 Å². The predicted octanol–water partition coefficient (Wildman–Crippen LogP) is 2.05. The minimum atomic E-state index is 0.0950. The number of rotatable bonds is 7. The van der Waals surface area contributed by atoms with E-state index in [1.807, 2.05) is 31.2 Å². The zero-order chi connectivity index (χ0) is 14.2. The molecule has 110 valence electrons. The molecule has 0 bridgehead atoms. The second-order valence-corrected chi connectivity index (χ2v) is 5.84. The monoisotopic (exact) mass is 294 g/mol. The molecular weight excluding hydrogens is 272 g/mol. The zero-order valence-electron chi connectivity index (χ0n) is 11.9. The average Bonchev–Trinajstić information content (AvgIpc) is 2.98. The normalized spacial score (nSPS) is 17.9. The van der Waals surface area contributed by atoms with Crippen molar-refractivity contribution < 1.29 is 9.53 Å². The van der Waals surface area contributed by atoms with Crippen LogP contribution < -0.4 is 15.4 Å². The lowest BCUT2D eigenvalue weighted by atomic mass is 10.2. The molecule has 1 saturated heterocycles. The molecule has 1 aromatic carbocycles. The molecule has 2 rings (SSSR count). The van der Waals surface area contributed by atoms with Gasteiger partial charge in [-0.2, -0.15) is 0 Å². The number of thioether (sulfide) groups is 1. The van der Waals surface area contributed by atoms with Gasteiger partial charge in [-0.05, 0) is 50.6 Å². The standard InChI is InChI=1S/C15H22N2O2S/c1-2-19-13-5-7-14(8-6-13)20-11-15(18)17-10-12-4-3-9-16-12/h5-8,12,16H,2-4,9-11H2,1H3,(H,17,18). The predicted molar refractivity (Wildman–Crippen MR) is 82.4 cm³/mol. The van der Waals surface area contributed by atoms with Crippen LogP contribution in [0.1, 0.15) is 19.8 Å². The van der Waals surface area contributed by atoms with Crippen LogP contribution in [0.3, 0.4) is 0 Å². The molecule has 1 aromatic rings. The first-order chi connectivity index (χ1) is 9.78. The van der Waals surface area contributed by atoms with Crippen LogP contribution in [0.5, 0.6) is 5.75 Å². The van der Waals surface area contributed by atoms with Crippen LogP contribution in [0.2, 0.25) is 0 Å². The molecule has 4 nitrogen and oxygen atoms in total. The Balaban J connectivity index is 1.66. The van der Waals surface area contributed by atoms with E-state index in [4.69, 9.17) is 4.74 Å². The van der Waals surface area contributed by atoms with E-state index < -0.39 is 0 Å². The molecule has 1 aliphatic rings. The number of carbonyl (C=O) groups excluding carboxylic acids is 1. The highest BCUT2D eigenvalue weighted by molar-refractivity contribution is 8.00. The Hall–Kier alpha value is -1.20. The van der Waals surface area contributed by atoms with Crippen molar-refractivity contribution in [1.29, 1.82) is 0 Å². The maximum atomic E-state index is 11.8. The summed E-state index contributed by atoms with van der Waals surface area (Å²) < 4.78 is 5.39. The summed E-state index contributed by atoms with van der Waals surface area (Å²) in [5.74, 6) is 1.42. The first-order valence-corrected chi connectivity index (χ1v) is 8.12. The fraction of sp³-hybridized carbons (Fsp3) is 0.533. The van der Waals surface area contributed by atoms with Gasteiger partial charge in [-0.15, -0.1) is 11.8 Å². The lowest BCUT2D eigenvalue weighted by Gasteiger charge is -2.11. The van der Waals surface area contributed by atoms with Gasteiger partial charge in [0.2, 0.25) is 5.91 Å². The number of nitrogens with one attached hydrogen (secondary N) is 2. The summed E-state index contributed by atoms with van der Waals surface area (Å²) in [6, 6.07) is 8.30. The molecule has 0 radical (unpaired) electrons. The molecule has 1 atom stereocenters. The van der Waals surface area contributed by atoms with E-state index in [0.717, 1.165) is 30.2 Å². The highest BCUT2D eigenvalue weighted by atomic mass is 32.2. The van der Waals surface area contributed by atoms with Gasteiger partial charge in [0, 0.05) is 17.5 Å². The third-order valence-corrected chi connectivity index (χ3v) is 4.22. The van der Waals surface area contributed by atoms with Gasteiger partial charge in [0.15, 0.2) is 0 Å². The minimum absolute atomic E-state index is 0.0950. The lowest BCUT2D eigenvalue weighted by Crippen LogP contribution is -2.37. The van der Waals surface area contributed by atoms with Crippen LogP contribution >= 0.6 is 11.8 Å². The molecule has 0 aromatic heterocycles. The topological polar surface area (TPSA) is 50.4 Å². The molecule has 1 aliphatic heterocycles. The second-order valence-electron chi connectivity index (χ2n) is 4.79. The maximum Gasteiger partial charge on any atom is 0.230 e. The lowest BCUT2D eigenvalue weighted by molar-refractivity contribution is -0.118. The Morgan fingerprint density at radius 2 is 2.25 bits per heavy atom. The van der Waals surface area contributed by atoms with Gasteiger partial charge in [0.25, 0.3) is 0 Å². The van der Waals surface area contributed by atoms with Gasteiger partial charge in [0.1, 0.15) is 5.75 Å². The first-order valence-electron chi connectivity index (χ1n) is 7.13. The third-order valence-electron chi connectivity index (χ3n) is 3.21. The Bertz CT molecular complexity index is 416. The fourth-order valence-corrected chi connectivity index (χ4v) is 2.90. The molecule has 1 amide bonds. The molecule has 20 heavy (non-hydrogen) atoms. The Kier molecular flexibility index (Phi) is 6.21. The van der Waals surface area contributed by atoms with Crippen molar-refractivity contribution in [1.82, 2.24) is 10.6 Å². The molecule has 1 heterocycles. The summed E-state index contributed by atoms with van der Waals surface area (Å²) in [6.45, 7) is 4.44. The van der Waals surface area contributed by atoms with Crippen molar-refractivity contribution in [3.05, 3.63) is 24.3 Å². The van der Waals surface area contributed by atoms with Gasteiger partial charge >= 0.3 is 0 Å². The zero-order valence-corrected chi connectivity index (χ0v) is 12.7. The molecule has 0 saturated carbocycles. The summed E-state index contributed by atoms with van der Waals surface area (Å²) in [5, 5.41) is 6.35. The summed E-state index contributed by atoms with van der Waals surface area (Å²) >= 11 is 1.55. The van der Waals surface area contributed by atoms with E-state index in [-0.39, 0.29) is 5.91 Å². The summed E-state index contributed by atoms with van der Waals surface area (Å²) in [4.78, 5) is 12.8. The first kappa shape index (κ1) is 15.2. The minimum Gasteiger partial charge on any atom is -0.494 e. The summed E-state index contributed by atoms with van der Waals surface area (Å²) in [5.41, 5.74) is 0. The van der Waals surface area contributed by atoms with Crippen molar-refractivity contribution >= 4 is 17.7 Å². The van der Waals surface area contributed by atoms with E-state index in [2.05, 4.69) is 10.6 Å². The molecule has 1 unspecified atom stereocenters. The van der Waals surface area contributed by atoms with Crippen molar-refractivity contribution in [3.63, 3.8) is 0 Å². The second kappa shape index (κ2) is 8.17. The molecule has 1 fully saturated rings. The van der Waals surface area contributed by atoms with Crippen LogP contribution in [0.4, 0.5) is 0 Å². The van der Waals surface area contributed by atoms with Gasteiger partial charge in [0.05, 0.1) is 12.4 Å². The van der Waals surface area contributed by atoms with E-state index >= 15 is 0 Å². The van der Waals surface area contributed by atoms with Crippen LogP contribution in [0, 0.1) is 0 Å². The number of ether oxygens (including phenoxy) is 1. The van der Waals surface area contributed by atoms with Gasteiger partial charge in [-0.1, -0.05) is 0 Å². The number of hydrogen-bond donors (Lipinski definition) is 2. The van der Waals surface area contributed by atoms with E-state index in [1.165, 1.54) is 6.42 Å². The SMILES string of the molecule is CCOc1ccc(SCC(=O)NCC2CCCN2)cc1. The smallest absolute Gasteiger partial charge is 0.230 e. The summed E-state index contributed by atoms with van der Waals surface area (Å²) in [6.07, 6.45) is 2.37. The maximum absolute atomic E-state index is 11.8.